The van der Waals surface area contributed by atoms with Crippen molar-refractivity contribution >= 4 is 23.2 Å². The van der Waals surface area contributed by atoms with Gasteiger partial charge in [-0.1, -0.05) is 23.6 Å². The van der Waals surface area contributed by atoms with Crippen molar-refractivity contribution in [3.63, 3.8) is 0 Å². The van der Waals surface area contributed by atoms with E-state index >= 15 is 0 Å². The van der Waals surface area contributed by atoms with Crippen molar-refractivity contribution in [2.45, 2.75) is 13.3 Å². The second-order valence-corrected chi connectivity index (χ2v) is 4.56. The molecule has 0 aliphatic heterocycles. The van der Waals surface area contributed by atoms with Crippen LogP contribution in [0, 0.1) is 11.8 Å². The molecule has 0 heterocycles. The minimum Gasteiger partial charge on any atom is -0.507 e. The normalized spacial score (nSPS) is 9.24. The largest absolute Gasteiger partial charge is 0.507 e. The summed E-state index contributed by atoms with van der Waals surface area (Å²) in [5, 5.41) is 9.37. The first-order valence-corrected chi connectivity index (χ1v) is 6.02. The number of phenols is 1. The molecule has 0 amide bonds. The molecule has 1 aromatic carbocycles. The summed E-state index contributed by atoms with van der Waals surface area (Å²) >= 11 is 1.24. The molecule has 0 radical (unpaired) electrons. The van der Waals surface area contributed by atoms with Crippen LogP contribution in [0.5, 0.6) is 5.75 Å². The quantitative estimate of drug-likeness (QED) is 0.506. The Labute approximate surface area is 104 Å². The summed E-state index contributed by atoms with van der Waals surface area (Å²) in [6.45, 7) is 1.52. The zero-order valence-corrected chi connectivity index (χ0v) is 10.2. The molecule has 17 heavy (non-hydrogen) atoms. The molecule has 0 saturated carbocycles. The molecule has 3 nitrogen and oxygen atoms in total. The lowest BCUT2D eigenvalue weighted by Crippen LogP contribution is -1.85. The maximum Gasteiger partial charge on any atom is 0.185 e. The zero-order chi connectivity index (χ0) is 12.7. The molecule has 0 aliphatic rings. The van der Waals surface area contributed by atoms with E-state index in [9.17, 15) is 14.7 Å². The molecule has 0 unspecified atom stereocenters. The third-order valence-corrected chi connectivity index (χ3v) is 2.73. The van der Waals surface area contributed by atoms with Gasteiger partial charge in [0.2, 0.25) is 0 Å². The van der Waals surface area contributed by atoms with Gasteiger partial charge in [-0.15, -0.1) is 0 Å². The first-order valence-electron chi connectivity index (χ1n) is 5.04. The van der Waals surface area contributed by atoms with E-state index in [1.54, 1.807) is 6.07 Å². The van der Waals surface area contributed by atoms with Crippen LogP contribution >= 0.6 is 11.8 Å². The van der Waals surface area contributed by atoms with E-state index in [2.05, 4.69) is 11.8 Å². The lowest BCUT2D eigenvalue weighted by Gasteiger charge is -1.96. The van der Waals surface area contributed by atoms with Gasteiger partial charge in [-0.2, -0.15) is 0 Å². The summed E-state index contributed by atoms with van der Waals surface area (Å²) in [6.07, 6.45) is 1.20. The van der Waals surface area contributed by atoms with Crippen LogP contribution in [-0.4, -0.2) is 22.3 Å². The number of hydrogen-bond donors (Lipinski definition) is 1. The van der Waals surface area contributed by atoms with Crippen molar-refractivity contribution in [1.82, 2.24) is 0 Å². The summed E-state index contributed by atoms with van der Waals surface area (Å²) in [5.41, 5.74) is 0.910. The minimum absolute atomic E-state index is 0.0438. The summed E-state index contributed by atoms with van der Waals surface area (Å²) in [4.78, 5) is 21.2. The SMILES string of the molecule is CC(=O)SCCC#Cc1ccc(O)c(C=O)c1. The third-order valence-electron chi connectivity index (χ3n) is 1.92. The van der Waals surface area contributed by atoms with Crippen LogP contribution in [0.3, 0.4) is 0 Å². The molecular formula is C13H12O3S. The molecule has 0 saturated heterocycles. The molecule has 0 atom stereocenters. The molecule has 1 rings (SSSR count). The highest BCUT2D eigenvalue weighted by molar-refractivity contribution is 8.13. The maximum atomic E-state index is 10.6. The van der Waals surface area contributed by atoms with Gasteiger partial charge >= 0.3 is 0 Å². The molecule has 0 bridgehead atoms. The number of hydrogen-bond acceptors (Lipinski definition) is 4. The molecule has 0 aliphatic carbocycles. The van der Waals surface area contributed by atoms with E-state index in [1.807, 2.05) is 0 Å². The van der Waals surface area contributed by atoms with E-state index in [0.29, 0.717) is 24.0 Å². The Morgan fingerprint density at radius 1 is 1.53 bits per heavy atom. The highest BCUT2D eigenvalue weighted by Gasteiger charge is 1.99. The van der Waals surface area contributed by atoms with E-state index in [-0.39, 0.29) is 16.4 Å². The number of phenolic OH excluding ortho intramolecular Hbond substituents is 1. The summed E-state index contributed by atoms with van der Waals surface area (Å²) in [7, 11) is 0. The van der Waals surface area contributed by atoms with E-state index < -0.39 is 0 Å². The van der Waals surface area contributed by atoms with Gasteiger partial charge in [0.25, 0.3) is 0 Å². The Morgan fingerprint density at radius 3 is 2.94 bits per heavy atom. The Morgan fingerprint density at radius 2 is 2.29 bits per heavy atom. The number of aromatic hydroxyl groups is 1. The van der Waals surface area contributed by atoms with Gasteiger partial charge in [-0.05, 0) is 18.2 Å². The summed E-state index contributed by atoms with van der Waals surface area (Å²) in [5.74, 6) is 6.41. The fourth-order valence-electron chi connectivity index (χ4n) is 1.14. The average molecular weight is 248 g/mol. The topological polar surface area (TPSA) is 54.4 Å². The molecule has 0 fully saturated rings. The predicted octanol–water partition coefficient (Wildman–Crippen LogP) is 2.23. The Balaban J connectivity index is 2.60. The highest BCUT2D eigenvalue weighted by atomic mass is 32.2. The fourth-order valence-corrected chi connectivity index (χ4v) is 1.63. The Hall–Kier alpha value is -1.73. The van der Waals surface area contributed by atoms with Crippen LogP contribution in [0.25, 0.3) is 0 Å². The van der Waals surface area contributed by atoms with Gasteiger partial charge in [0.1, 0.15) is 5.75 Å². The van der Waals surface area contributed by atoms with Crippen LogP contribution in [0.15, 0.2) is 18.2 Å². The van der Waals surface area contributed by atoms with Crippen molar-refractivity contribution < 1.29 is 14.7 Å². The van der Waals surface area contributed by atoms with E-state index in [1.165, 1.54) is 30.8 Å². The standard InChI is InChI=1S/C13H12O3S/c1-10(15)17-7-3-2-4-11-5-6-13(16)12(8-11)9-14/h5-6,8-9,16H,3,7H2,1H3. The lowest BCUT2D eigenvalue weighted by atomic mass is 10.1. The van der Waals surface area contributed by atoms with Crippen LogP contribution < -0.4 is 0 Å². The smallest absolute Gasteiger partial charge is 0.185 e. The molecule has 1 N–H and O–H groups in total. The number of thioether (sulfide) groups is 1. The van der Waals surface area contributed by atoms with Crippen LogP contribution in [0.4, 0.5) is 0 Å². The van der Waals surface area contributed by atoms with Gasteiger partial charge in [-0.25, -0.2) is 0 Å². The Kier molecular flexibility index (Phi) is 5.31. The van der Waals surface area contributed by atoms with E-state index in [4.69, 9.17) is 0 Å². The molecule has 0 spiro atoms. The predicted molar refractivity (Wildman–Crippen MR) is 68.1 cm³/mol. The average Bonchev–Trinajstić information content (AvgIpc) is 2.30. The lowest BCUT2D eigenvalue weighted by molar-refractivity contribution is -0.109. The summed E-state index contributed by atoms with van der Waals surface area (Å²) in [6, 6.07) is 4.62. The van der Waals surface area contributed by atoms with Crippen molar-refractivity contribution in [3.8, 4) is 17.6 Å². The van der Waals surface area contributed by atoms with Crippen LogP contribution in [0.2, 0.25) is 0 Å². The van der Waals surface area contributed by atoms with Gasteiger partial charge in [-0.3, -0.25) is 9.59 Å². The zero-order valence-electron chi connectivity index (χ0n) is 9.40. The molecule has 1 aromatic rings. The number of aldehydes is 1. The summed E-state index contributed by atoms with van der Waals surface area (Å²) < 4.78 is 0. The van der Waals surface area contributed by atoms with E-state index in [0.717, 1.165) is 0 Å². The minimum atomic E-state index is -0.0438. The number of rotatable bonds is 3. The molecular weight excluding hydrogens is 236 g/mol. The van der Waals surface area contributed by atoms with Crippen LogP contribution in [0.1, 0.15) is 29.3 Å². The van der Waals surface area contributed by atoms with Gasteiger partial charge < -0.3 is 5.11 Å². The molecule has 0 aromatic heterocycles. The third kappa shape index (κ3) is 4.75. The maximum absolute atomic E-state index is 10.6. The fraction of sp³-hybridized carbons (Fsp3) is 0.231. The van der Waals surface area contributed by atoms with Crippen molar-refractivity contribution in [3.05, 3.63) is 29.3 Å². The number of carbonyl (C=O) groups is 2. The van der Waals surface area contributed by atoms with Gasteiger partial charge in [0.15, 0.2) is 11.4 Å². The first-order chi connectivity index (χ1) is 8.13. The van der Waals surface area contributed by atoms with Crippen LogP contribution in [-0.2, 0) is 4.79 Å². The first kappa shape index (κ1) is 13.3. The van der Waals surface area contributed by atoms with Gasteiger partial charge in [0.05, 0.1) is 5.56 Å². The highest BCUT2D eigenvalue weighted by Crippen LogP contribution is 2.15. The van der Waals surface area contributed by atoms with Gasteiger partial charge in [0, 0.05) is 24.7 Å². The monoisotopic (exact) mass is 248 g/mol. The second kappa shape index (κ2) is 6.77. The number of benzene rings is 1. The van der Waals surface area contributed by atoms with Crippen molar-refractivity contribution in [1.29, 1.82) is 0 Å². The molecule has 4 heteroatoms. The number of carbonyl (C=O) groups excluding carboxylic acids is 2. The molecule has 88 valence electrons. The van der Waals surface area contributed by atoms with Crippen molar-refractivity contribution in [2.24, 2.45) is 0 Å². The second-order valence-electron chi connectivity index (χ2n) is 3.28. The Bertz CT molecular complexity index is 483. The van der Waals surface area contributed by atoms with Crippen molar-refractivity contribution in [2.75, 3.05) is 5.75 Å².